The largest absolute Gasteiger partial charge is 0.465 e. The molecule has 0 unspecified atom stereocenters. The molecule has 0 saturated heterocycles. The molecule has 20 heavy (non-hydrogen) atoms. The number of hydrogen-bond donors (Lipinski definition) is 0. The zero-order valence-corrected chi connectivity index (χ0v) is 12.5. The number of hydrogen-bond acceptors (Lipinski definition) is 5. The highest BCUT2D eigenvalue weighted by molar-refractivity contribution is 7.18. The number of nitrogens with zero attached hydrogens (tertiary/aromatic N) is 4. The molecule has 0 aliphatic carbocycles. The molecule has 3 heterocycles. The first-order valence-corrected chi connectivity index (χ1v) is 6.90. The maximum Gasteiger partial charge on any atom is 0.349 e. The second kappa shape index (κ2) is 4.45. The summed E-state index contributed by atoms with van der Waals surface area (Å²) in [6, 6.07) is 0. The minimum atomic E-state index is -0.337. The molecule has 7 heteroatoms. The molecule has 6 nitrogen and oxygen atoms in total. The number of carbonyl (C=O) groups excluding carboxylic acids is 1. The standard InChI is InChI=1S/C13H14N4O2S/c1-7-11(8(2)16(3)15-7)9-5-17-6-10(12(18)19-4)20-13(17)14-9/h5-6H,1-4H3. The van der Waals surface area contributed by atoms with E-state index in [2.05, 4.69) is 10.1 Å². The summed E-state index contributed by atoms with van der Waals surface area (Å²) in [7, 11) is 3.29. The summed E-state index contributed by atoms with van der Waals surface area (Å²) in [5.41, 5.74) is 3.93. The van der Waals surface area contributed by atoms with Crippen LogP contribution >= 0.6 is 11.3 Å². The van der Waals surface area contributed by atoms with E-state index in [1.807, 2.05) is 36.2 Å². The van der Waals surface area contributed by atoms with E-state index in [4.69, 9.17) is 4.74 Å². The third-order valence-corrected chi connectivity index (χ3v) is 4.28. The predicted octanol–water partition coefficient (Wildman–Crippen LogP) is 2.20. The van der Waals surface area contributed by atoms with E-state index in [0.717, 1.165) is 27.6 Å². The average molecular weight is 290 g/mol. The fraction of sp³-hybridized carbons (Fsp3) is 0.308. The number of carbonyl (C=O) groups is 1. The van der Waals surface area contributed by atoms with Gasteiger partial charge in [-0.3, -0.25) is 9.08 Å². The molecule has 0 aliphatic rings. The fourth-order valence-electron chi connectivity index (χ4n) is 2.26. The van der Waals surface area contributed by atoms with Crippen molar-refractivity contribution in [2.45, 2.75) is 13.8 Å². The van der Waals surface area contributed by atoms with Crippen LogP contribution in [-0.4, -0.2) is 32.2 Å². The van der Waals surface area contributed by atoms with Gasteiger partial charge in [0.25, 0.3) is 0 Å². The molecule has 3 rings (SSSR count). The van der Waals surface area contributed by atoms with Gasteiger partial charge in [-0.2, -0.15) is 5.10 Å². The van der Waals surface area contributed by atoms with Crippen molar-refractivity contribution in [1.82, 2.24) is 19.2 Å². The van der Waals surface area contributed by atoms with Gasteiger partial charge in [0, 0.05) is 30.7 Å². The Hall–Kier alpha value is -2.15. The molecule has 3 aromatic heterocycles. The first-order valence-electron chi connectivity index (χ1n) is 6.08. The van der Waals surface area contributed by atoms with Crippen LogP contribution in [0.1, 0.15) is 21.1 Å². The maximum atomic E-state index is 11.5. The molecule has 0 amide bonds. The lowest BCUT2D eigenvalue weighted by atomic mass is 10.1. The number of methoxy groups -OCH3 is 1. The second-order valence-electron chi connectivity index (χ2n) is 4.57. The van der Waals surface area contributed by atoms with Crippen molar-refractivity contribution in [3.05, 3.63) is 28.7 Å². The van der Waals surface area contributed by atoms with Crippen molar-refractivity contribution in [3.63, 3.8) is 0 Å². The van der Waals surface area contributed by atoms with Gasteiger partial charge < -0.3 is 4.74 Å². The van der Waals surface area contributed by atoms with E-state index in [9.17, 15) is 4.79 Å². The van der Waals surface area contributed by atoms with Crippen molar-refractivity contribution in [3.8, 4) is 11.3 Å². The summed E-state index contributed by atoms with van der Waals surface area (Å²) < 4.78 is 8.40. The van der Waals surface area contributed by atoms with Crippen molar-refractivity contribution in [2.75, 3.05) is 7.11 Å². The zero-order valence-electron chi connectivity index (χ0n) is 11.7. The van der Waals surface area contributed by atoms with Crippen LogP contribution in [0.2, 0.25) is 0 Å². The van der Waals surface area contributed by atoms with E-state index in [1.165, 1.54) is 18.4 Å². The monoisotopic (exact) mass is 290 g/mol. The molecule has 0 saturated carbocycles. The van der Waals surface area contributed by atoms with Crippen molar-refractivity contribution in [1.29, 1.82) is 0 Å². The minimum Gasteiger partial charge on any atom is -0.465 e. The molecule has 0 atom stereocenters. The highest BCUT2D eigenvalue weighted by Gasteiger charge is 2.17. The van der Waals surface area contributed by atoms with Crippen LogP contribution < -0.4 is 0 Å². The SMILES string of the molecule is COC(=O)c1cn2cc(-c3c(C)nn(C)c3C)nc2s1. The van der Waals surface area contributed by atoms with Gasteiger partial charge in [-0.05, 0) is 13.8 Å². The Bertz CT molecular complexity index is 780. The lowest BCUT2D eigenvalue weighted by molar-refractivity contribution is 0.0606. The van der Waals surface area contributed by atoms with E-state index in [-0.39, 0.29) is 5.97 Å². The van der Waals surface area contributed by atoms with Crippen LogP contribution in [-0.2, 0) is 11.8 Å². The Morgan fingerprint density at radius 3 is 2.65 bits per heavy atom. The molecule has 0 aromatic carbocycles. The van der Waals surface area contributed by atoms with E-state index in [1.54, 1.807) is 6.20 Å². The summed E-state index contributed by atoms with van der Waals surface area (Å²) in [4.78, 5) is 17.4. The van der Waals surface area contributed by atoms with Crippen LogP contribution in [0.3, 0.4) is 0 Å². The maximum absolute atomic E-state index is 11.5. The Morgan fingerprint density at radius 1 is 1.35 bits per heavy atom. The Kier molecular flexibility index (Phi) is 2.86. The van der Waals surface area contributed by atoms with Gasteiger partial charge in [0.05, 0.1) is 18.5 Å². The number of imidazole rings is 1. The number of aromatic nitrogens is 4. The van der Waals surface area contributed by atoms with Gasteiger partial charge in [-0.1, -0.05) is 11.3 Å². The van der Waals surface area contributed by atoms with E-state index < -0.39 is 0 Å². The molecule has 3 aromatic rings. The Balaban J connectivity index is 2.10. The summed E-state index contributed by atoms with van der Waals surface area (Å²) in [6.07, 6.45) is 3.65. The smallest absolute Gasteiger partial charge is 0.349 e. The molecule has 0 N–H and O–H groups in total. The van der Waals surface area contributed by atoms with Crippen LogP contribution in [0.25, 0.3) is 16.2 Å². The molecule has 104 valence electrons. The molecule has 0 fully saturated rings. The van der Waals surface area contributed by atoms with Crippen molar-refractivity contribution < 1.29 is 9.53 Å². The van der Waals surface area contributed by atoms with Crippen LogP contribution in [0, 0.1) is 13.8 Å². The molecule has 0 spiro atoms. The van der Waals surface area contributed by atoms with Gasteiger partial charge in [0.1, 0.15) is 4.88 Å². The topological polar surface area (TPSA) is 61.4 Å². The van der Waals surface area contributed by atoms with Crippen LogP contribution in [0.4, 0.5) is 0 Å². The van der Waals surface area contributed by atoms with E-state index >= 15 is 0 Å². The quantitative estimate of drug-likeness (QED) is 0.679. The molecular weight excluding hydrogens is 276 g/mol. The number of thiazole rings is 1. The number of esters is 1. The van der Waals surface area contributed by atoms with Crippen molar-refractivity contribution >= 4 is 22.3 Å². The number of fused-ring (bicyclic) bond motifs is 1. The number of ether oxygens (including phenoxy) is 1. The number of rotatable bonds is 2. The summed E-state index contributed by atoms with van der Waals surface area (Å²) in [5, 5.41) is 4.40. The lowest BCUT2D eigenvalue weighted by Crippen LogP contribution is -1.97. The first kappa shape index (κ1) is 12.9. The Labute approximate surface area is 119 Å². The Morgan fingerprint density at radius 2 is 2.10 bits per heavy atom. The zero-order chi connectivity index (χ0) is 14.4. The normalized spacial score (nSPS) is 11.2. The van der Waals surface area contributed by atoms with Gasteiger partial charge in [-0.15, -0.1) is 0 Å². The predicted molar refractivity (Wildman–Crippen MR) is 76.1 cm³/mol. The van der Waals surface area contributed by atoms with Crippen LogP contribution in [0.5, 0.6) is 0 Å². The lowest BCUT2D eigenvalue weighted by Gasteiger charge is -1.96. The molecule has 0 aliphatic heterocycles. The highest BCUT2D eigenvalue weighted by Crippen LogP contribution is 2.28. The third-order valence-electron chi connectivity index (χ3n) is 3.31. The molecule has 0 radical (unpaired) electrons. The van der Waals surface area contributed by atoms with Crippen molar-refractivity contribution in [2.24, 2.45) is 7.05 Å². The van der Waals surface area contributed by atoms with Crippen LogP contribution in [0.15, 0.2) is 12.4 Å². The van der Waals surface area contributed by atoms with Gasteiger partial charge >= 0.3 is 5.97 Å². The first-order chi connectivity index (χ1) is 9.51. The molecule has 0 bridgehead atoms. The minimum absolute atomic E-state index is 0.337. The van der Waals surface area contributed by atoms with Gasteiger partial charge in [0.15, 0.2) is 4.96 Å². The number of aryl methyl sites for hydroxylation is 2. The van der Waals surface area contributed by atoms with Gasteiger partial charge in [-0.25, -0.2) is 9.78 Å². The summed E-state index contributed by atoms with van der Waals surface area (Å²) >= 11 is 1.31. The van der Waals surface area contributed by atoms with Gasteiger partial charge in [0.2, 0.25) is 0 Å². The molecular formula is C13H14N4O2S. The fourth-order valence-corrected chi connectivity index (χ4v) is 3.14. The average Bonchev–Trinajstić information content (AvgIpc) is 3.01. The summed E-state index contributed by atoms with van der Waals surface area (Å²) in [5.74, 6) is -0.337. The highest BCUT2D eigenvalue weighted by atomic mass is 32.1. The summed E-state index contributed by atoms with van der Waals surface area (Å²) in [6.45, 7) is 3.98. The van der Waals surface area contributed by atoms with E-state index in [0.29, 0.717) is 4.88 Å². The third kappa shape index (κ3) is 1.82. The second-order valence-corrected chi connectivity index (χ2v) is 5.58.